The number of benzene rings is 1. The van der Waals surface area contributed by atoms with Crippen LogP contribution in [0.1, 0.15) is 49.9 Å². The molecule has 7 nitrogen and oxygen atoms in total. The van der Waals surface area contributed by atoms with Gasteiger partial charge in [-0.1, -0.05) is 12.8 Å². The Morgan fingerprint density at radius 3 is 2.23 bits per heavy atom. The summed E-state index contributed by atoms with van der Waals surface area (Å²) in [6.07, 6.45) is 2.90. The lowest BCUT2D eigenvalue weighted by Crippen LogP contribution is -2.35. The van der Waals surface area contributed by atoms with Crippen LogP contribution in [0.5, 0.6) is 0 Å². The predicted molar refractivity (Wildman–Crippen MR) is 97.2 cm³/mol. The minimum absolute atomic E-state index is 0.160. The Morgan fingerprint density at radius 2 is 1.69 bits per heavy atom. The van der Waals surface area contributed by atoms with E-state index in [-0.39, 0.29) is 16.4 Å². The molecule has 1 fully saturated rings. The Bertz CT molecular complexity index is 722. The number of rotatable bonds is 6. The van der Waals surface area contributed by atoms with Gasteiger partial charge in [-0.25, -0.2) is 13.2 Å². The van der Waals surface area contributed by atoms with Crippen molar-refractivity contribution < 1.29 is 22.7 Å². The molecule has 0 saturated carbocycles. The first-order valence-corrected chi connectivity index (χ1v) is 10.4. The fraction of sp³-hybridized carbons (Fsp3) is 0.556. The van der Waals surface area contributed by atoms with E-state index in [1.807, 2.05) is 0 Å². The van der Waals surface area contributed by atoms with Crippen LogP contribution in [-0.2, 0) is 19.6 Å². The summed E-state index contributed by atoms with van der Waals surface area (Å²) in [6, 6.07) is 5.65. The summed E-state index contributed by atoms with van der Waals surface area (Å²) in [4.78, 5) is 23.9. The third kappa shape index (κ3) is 5.04. The van der Waals surface area contributed by atoms with Crippen molar-refractivity contribution in [2.24, 2.45) is 0 Å². The van der Waals surface area contributed by atoms with Crippen LogP contribution in [0, 0.1) is 0 Å². The van der Waals surface area contributed by atoms with Crippen molar-refractivity contribution >= 4 is 21.9 Å². The van der Waals surface area contributed by atoms with Gasteiger partial charge in [-0.2, -0.15) is 4.31 Å². The highest BCUT2D eigenvalue weighted by Crippen LogP contribution is 2.21. The van der Waals surface area contributed by atoms with E-state index < -0.39 is 22.1 Å². The smallest absolute Gasteiger partial charge is 0.338 e. The van der Waals surface area contributed by atoms with E-state index in [0.717, 1.165) is 25.7 Å². The van der Waals surface area contributed by atoms with Gasteiger partial charge >= 0.3 is 5.97 Å². The SMILES string of the molecule is CCNC(=O)[C@H](C)OC(=O)c1ccc(S(=O)(=O)N2CCCCCC2)cc1. The van der Waals surface area contributed by atoms with Crippen molar-refractivity contribution in [2.75, 3.05) is 19.6 Å². The summed E-state index contributed by atoms with van der Waals surface area (Å²) in [5.74, 6) is -1.04. The molecule has 1 saturated heterocycles. The number of nitrogens with zero attached hydrogens (tertiary/aromatic N) is 1. The molecule has 1 aliphatic rings. The molecule has 0 unspecified atom stereocenters. The van der Waals surface area contributed by atoms with Gasteiger partial charge in [0.05, 0.1) is 10.5 Å². The lowest BCUT2D eigenvalue weighted by Gasteiger charge is -2.20. The summed E-state index contributed by atoms with van der Waals surface area (Å²) in [5, 5.41) is 2.57. The number of nitrogens with one attached hydrogen (secondary N) is 1. The maximum absolute atomic E-state index is 12.7. The zero-order valence-electron chi connectivity index (χ0n) is 15.2. The number of amides is 1. The Balaban J connectivity index is 2.07. The maximum atomic E-state index is 12.7. The van der Waals surface area contributed by atoms with Gasteiger partial charge in [-0.15, -0.1) is 0 Å². The molecule has 0 spiro atoms. The van der Waals surface area contributed by atoms with Crippen molar-refractivity contribution in [3.63, 3.8) is 0 Å². The van der Waals surface area contributed by atoms with Gasteiger partial charge in [0.1, 0.15) is 0 Å². The van der Waals surface area contributed by atoms with Crippen LogP contribution < -0.4 is 5.32 Å². The molecule has 0 radical (unpaired) electrons. The second-order valence-corrected chi connectivity index (χ2v) is 8.22. The zero-order chi connectivity index (χ0) is 19.2. The minimum atomic E-state index is -3.55. The van der Waals surface area contributed by atoms with Gasteiger partial charge in [0.2, 0.25) is 10.0 Å². The van der Waals surface area contributed by atoms with Gasteiger partial charge < -0.3 is 10.1 Å². The Morgan fingerprint density at radius 1 is 1.12 bits per heavy atom. The molecule has 1 N–H and O–H groups in total. The molecule has 1 atom stereocenters. The largest absolute Gasteiger partial charge is 0.449 e. The zero-order valence-corrected chi connectivity index (χ0v) is 16.0. The van der Waals surface area contributed by atoms with Gasteiger partial charge in [-0.3, -0.25) is 4.79 Å². The fourth-order valence-corrected chi connectivity index (χ4v) is 4.31. The van der Waals surface area contributed by atoms with E-state index in [0.29, 0.717) is 19.6 Å². The lowest BCUT2D eigenvalue weighted by molar-refractivity contribution is -0.128. The number of ether oxygens (including phenoxy) is 1. The molecule has 1 aliphatic heterocycles. The third-order valence-corrected chi connectivity index (χ3v) is 6.21. The monoisotopic (exact) mass is 382 g/mol. The van der Waals surface area contributed by atoms with Crippen molar-refractivity contribution in [3.8, 4) is 0 Å². The number of esters is 1. The molecule has 2 rings (SSSR count). The summed E-state index contributed by atoms with van der Waals surface area (Å²) in [6.45, 7) is 4.76. The topological polar surface area (TPSA) is 92.8 Å². The molecule has 0 bridgehead atoms. The van der Waals surface area contributed by atoms with Crippen molar-refractivity contribution in [1.82, 2.24) is 9.62 Å². The van der Waals surface area contributed by atoms with Gasteiger partial charge in [0.25, 0.3) is 5.91 Å². The quantitative estimate of drug-likeness (QED) is 0.759. The van der Waals surface area contributed by atoms with Crippen LogP contribution in [0.3, 0.4) is 0 Å². The van der Waals surface area contributed by atoms with Gasteiger partial charge in [0.15, 0.2) is 6.10 Å². The number of hydrogen-bond acceptors (Lipinski definition) is 5. The minimum Gasteiger partial charge on any atom is -0.449 e. The first kappa shape index (κ1) is 20.4. The van der Waals surface area contributed by atoms with E-state index in [4.69, 9.17) is 4.74 Å². The summed E-state index contributed by atoms with van der Waals surface area (Å²) in [7, 11) is -3.55. The fourth-order valence-electron chi connectivity index (χ4n) is 2.79. The highest BCUT2D eigenvalue weighted by Gasteiger charge is 2.25. The highest BCUT2D eigenvalue weighted by atomic mass is 32.2. The van der Waals surface area contributed by atoms with E-state index in [1.54, 1.807) is 6.92 Å². The molecule has 1 aromatic rings. The average molecular weight is 382 g/mol. The van der Waals surface area contributed by atoms with Crippen LogP contribution in [0.15, 0.2) is 29.2 Å². The lowest BCUT2D eigenvalue weighted by atomic mass is 10.2. The Labute approximate surface area is 154 Å². The highest BCUT2D eigenvalue weighted by molar-refractivity contribution is 7.89. The van der Waals surface area contributed by atoms with E-state index in [9.17, 15) is 18.0 Å². The molecule has 1 heterocycles. The molecule has 26 heavy (non-hydrogen) atoms. The van der Waals surface area contributed by atoms with Crippen LogP contribution in [-0.4, -0.2) is 50.3 Å². The normalized spacial score (nSPS) is 17.2. The summed E-state index contributed by atoms with van der Waals surface area (Å²) < 4.78 is 32.0. The summed E-state index contributed by atoms with van der Waals surface area (Å²) >= 11 is 0. The van der Waals surface area contributed by atoms with Gasteiger partial charge in [0, 0.05) is 19.6 Å². The van der Waals surface area contributed by atoms with Gasteiger partial charge in [-0.05, 0) is 51.0 Å². The van der Waals surface area contributed by atoms with Crippen molar-refractivity contribution in [3.05, 3.63) is 29.8 Å². The Hall–Kier alpha value is -1.93. The number of likely N-dealkylation sites (N-methyl/N-ethyl adjacent to an activating group) is 1. The first-order valence-electron chi connectivity index (χ1n) is 8.95. The molecule has 1 aromatic carbocycles. The van der Waals surface area contributed by atoms with Crippen LogP contribution in [0.25, 0.3) is 0 Å². The molecular formula is C18H26N2O5S. The first-order chi connectivity index (χ1) is 12.4. The standard InChI is InChI=1S/C18H26N2O5S/c1-3-19-17(21)14(2)25-18(22)15-8-10-16(11-9-15)26(23,24)20-12-6-4-5-7-13-20/h8-11,14H,3-7,12-13H2,1-2H3,(H,19,21)/t14-/m0/s1. The maximum Gasteiger partial charge on any atom is 0.338 e. The number of hydrogen-bond donors (Lipinski definition) is 1. The van der Waals surface area contributed by atoms with Crippen molar-refractivity contribution in [1.29, 1.82) is 0 Å². The second kappa shape index (κ2) is 9.14. The second-order valence-electron chi connectivity index (χ2n) is 6.28. The molecule has 1 amide bonds. The average Bonchev–Trinajstić information content (AvgIpc) is 2.92. The molecule has 144 valence electrons. The van der Waals surface area contributed by atoms with E-state index in [2.05, 4.69) is 5.32 Å². The van der Waals surface area contributed by atoms with Crippen LogP contribution >= 0.6 is 0 Å². The van der Waals surface area contributed by atoms with Crippen LogP contribution in [0.2, 0.25) is 0 Å². The van der Waals surface area contributed by atoms with Crippen molar-refractivity contribution in [2.45, 2.75) is 50.5 Å². The summed E-state index contributed by atoms with van der Waals surface area (Å²) in [5.41, 5.74) is 0.205. The molecule has 0 aromatic heterocycles. The van der Waals surface area contributed by atoms with Crippen LogP contribution in [0.4, 0.5) is 0 Å². The van der Waals surface area contributed by atoms with E-state index in [1.165, 1.54) is 35.5 Å². The molecular weight excluding hydrogens is 356 g/mol. The molecule has 8 heteroatoms. The number of carbonyl (C=O) groups is 2. The molecule has 0 aliphatic carbocycles. The van der Waals surface area contributed by atoms with E-state index >= 15 is 0 Å². The number of carbonyl (C=O) groups excluding carboxylic acids is 2. The predicted octanol–water partition coefficient (Wildman–Crippen LogP) is 1.93. The Kier molecular flexibility index (Phi) is 7.16. The number of sulfonamides is 1. The third-order valence-electron chi connectivity index (χ3n) is 4.30.